The largest absolute Gasteiger partial charge is 0.477 e. The minimum atomic E-state index is -0.985. The van der Waals surface area contributed by atoms with Gasteiger partial charge in [-0.1, -0.05) is 30.3 Å². The minimum Gasteiger partial charge on any atom is -0.477 e. The number of nitrogens with one attached hydrogen (secondary N) is 1. The second kappa shape index (κ2) is 3.48. The Morgan fingerprint density at radius 1 is 1.29 bits per heavy atom. The maximum Gasteiger partial charge on any atom is 0.341 e. The molecule has 0 fully saturated rings. The van der Waals surface area contributed by atoms with Crippen LogP contribution in [0.3, 0.4) is 0 Å². The quantitative estimate of drug-likeness (QED) is 0.703. The molecule has 2 heterocycles. The first-order valence-electron chi connectivity index (χ1n) is 5.11. The van der Waals surface area contributed by atoms with E-state index in [2.05, 4.69) is 10.1 Å². The number of carbonyl (C=O) groups is 1. The average Bonchev–Trinajstić information content (AvgIpc) is 2.88. The van der Waals surface area contributed by atoms with Crippen LogP contribution in [0, 0.1) is 0 Å². The van der Waals surface area contributed by atoms with Gasteiger partial charge in [0.1, 0.15) is 5.56 Å². The first-order valence-corrected chi connectivity index (χ1v) is 5.11. The number of imidazole rings is 1. The lowest BCUT2D eigenvalue weighted by Crippen LogP contribution is -1.98. The highest BCUT2D eigenvalue weighted by Gasteiger charge is 2.19. The van der Waals surface area contributed by atoms with E-state index in [1.165, 1.54) is 0 Å². The molecule has 2 N–H and O–H groups in total. The molecule has 2 aromatic heterocycles. The predicted octanol–water partition coefficient (Wildman–Crippen LogP) is 2.03. The molecule has 0 atom stereocenters. The number of aromatic nitrogens is 3. The number of H-pyrrole nitrogens is 1. The second-order valence-electron chi connectivity index (χ2n) is 3.65. The van der Waals surface area contributed by atoms with Gasteiger partial charge >= 0.3 is 5.97 Å². The van der Waals surface area contributed by atoms with Crippen LogP contribution in [0.4, 0.5) is 0 Å². The van der Waals surface area contributed by atoms with Crippen LogP contribution >= 0.6 is 0 Å². The first-order chi connectivity index (χ1) is 8.27. The molecule has 0 spiro atoms. The normalized spacial score (nSPS) is 10.8. The van der Waals surface area contributed by atoms with Crippen molar-refractivity contribution in [2.45, 2.75) is 0 Å². The zero-order valence-corrected chi connectivity index (χ0v) is 8.79. The van der Waals surface area contributed by atoms with Gasteiger partial charge in [-0.05, 0) is 0 Å². The Bertz CT molecular complexity index is 682. The molecular formula is C12H9N3O2. The molecule has 0 aliphatic carbocycles. The fraction of sp³-hybridized carbons (Fsp3) is 0. The van der Waals surface area contributed by atoms with Crippen LogP contribution in [-0.2, 0) is 0 Å². The molecule has 3 aromatic rings. The molecule has 0 aliphatic rings. The summed E-state index contributed by atoms with van der Waals surface area (Å²) < 4.78 is 1.60. The van der Waals surface area contributed by atoms with Gasteiger partial charge in [0, 0.05) is 18.0 Å². The molecule has 1 aromatic carbocycles. The van der Waals surface area contributed by atoms with Gasteiger partial charge in [0.15, 0.2) is 5.65 Å². The van der Waals surface area contributed by atoms with E-state index in [0.29, 0.717) is 11.3 Å². The van der Waals surface area contributed by atoms with Crippen LogP contribution in [0.2, 0.25) is 0 Å². The van der Waals surface area contributed by atoms with E-state index in [1.54, 1.807) is 16.9 Å². The number of hydrogen-bond acceptors (Lipinski definition) is 2. The number of carboxylic acid groups (broad SMARTS) is 1. The summed E-state index contributed by atoms with van der Waals surface area (Å²) in [6.07, 6.45) is 3.25. The fourth-order valence-electron chi connectivity index (χ4n) is 1.88. The molecule has 5 nitrogen and oxygen atoms in total. The molecule has 0 radical (unpaired) electrons. The lowest BCUT2D eigenvalue weighted by Gasteiger charge is -1.98. The standard InChI is InChI=1S/C12H9N3O2/c16-12(17)9-10(8-4-2-1-3-5-8)14-15-7-6-13-11(9)15/h1-7,14H,(H,16,17). The van der Waals surface area contributed by atoms with Crippen molar-refractivity contribution < 1.29 is 9.90 Å². The zero-order chi connectivity index (χ0) is 11.8. The lowest BCUT2D eigenvalue weighted by molar-refractivity contribution is 0.0699. The van der Waals surface area contributed by atoms with Crippen LogP contribution in [0.5, 0.6) is 0 Å². The van der Waals surface area contributed by atoms with Gasteiger partial charge in [-0.15, -0.1) is 0 Å². The van der Waals surface area contributed by atoms with Crippen molar-refractivity contribution in [3.8, 4) is 11.3 Å². The van der Waals surface area contributed by atoms with Crippen molar-refractivity contribution in [1.29, 1.82) is 0 Å². The van der Waals surface area contributed by atoms with Crippen molar-refractivity contribution in [3.05, 3.63) is 48.3 Å². The summed E-state index contributed by atoms with van der Waals surface area (Å²) in [5.41, 5.74) is 2.02. The van der Waals surface area contributed by atoms with Crippen LogP contribution < -0.4 is 0 Å². The van der Waals surface area contributed by atoms with Crippen LogP contribution in [0.25, 0.3) is 16.9 Å². The third kappa shape index (κ3) is 1.40. The molecule has 0 unspecified atom stereocenters. The van der Waals surface area contributed by atoms with Gasteiger partial charge in [-0.3, -0.25) is 5.10 Å². The van der Waals surface area contributed by atoms with Gasteiger partial charge in [0.2, 0.25) is 0 Å². The van der Waals surface area contributed by atoms with Crippen molar-refractivity contribution in [2.24, 2.45) is 0 Å². The van der Waals surface area contributed by atoms with Crippen molar-refractivity contribution in [2.75, 3.05) is 0 Å². The molecule has 0 amide bonds. The molecule has 0 bridgehead atoms. The van der Waals surface area contributed by atoms with Crippen molar-refractivity contribution >= 4 is 11.6 Å². The molecule has 0 saturated carbocycles. The predicted molar refractivity (Wildman–Crippen MR) is 61.9 cm³/mol. The topological polar surface area (TPSA) is 70.4 Å². The van der Waals surface area contributed by atoms with Gasteiger partial charge in [-0.2, -0.15) is 0 Å². The summed E-state index contributed by atoms with van der Waals surface area (Å²) in [5, 5.41) is 12.3. The minimum absolute atomic E-state index is 0.196. The molecule has 17 heavy (non-hydrogen) atoms. The molecule has 0 aliphatic heterocycles. The number of nitrogens with zero attached hydrogens (tertiary/aromatic N) is 2. The Kier molecular flexibility index (Phi) is 1.98. The van der Waals surface area contributed by atoms with Gasteiger partial charge < -0.3 is 5.11 Å². The molecule has 3 rings (SSSR count). The van der Waals surface area contributed by atoms with E-state index in [4.69, 9.17) is 0 Å². The Labute approximate surface area is 96.3 Å². The fourth-order valence-corrected chi connectivity index (χ4v) is 1.88. The highest BCUT2D eigenvalue weighted by molar-refractivity contribution is 6.01. The van der Waals surface area contributed by atoms with E-state index in [-0.39, 0.29) is 5.56 Å². The number of benzene rings is 1. The first kappa shape index (κ1) is 9.65. The van der Waals surface area contributed by atoms with Crippen molar-refractivity contribution in [1.82, 2.24) is 14.6 Å². The van der Waals surface area contributed by atoms with Crippen LogP contribution in [0.15, 0.2) is 42.7 Å². The Morgan fingerprint density at radius 2 is 2.06 bits per heavy atom. The van der Waals surface area contributed by atoms with Gasteiger partial charge in [0.25, 0.3) is 0 Å². The Morgan fingerprint density at radius 3 is 2.76 bits per heavy atom. The summed E-state index contributed by atoms with van der Waals surface area (Å²) >= 11 is 0. The van der Waals surface area contributed by atoms with E-state index >= 15 is 0 Å². The van der Waals surface area contributed by atoms with E-state index in [0.717, 1.165) is 5.56 Å². The molecule has 84 valence electrons. The summed E-state index contributed by atoms with van der Waals surface area (Å²) in [6.45, 7) is 0. The number of rotatable bonds is 2. The smallest absolute Gasteiger partial charge is 0.341 e. The SMILES string of the molecule is O=C(O)c1c(-c2ccccc2)[nH]n2ccnc12. The second-order valence-corrected chi connectivity index (χ2v) is 3.65. The Hall–Kier alpha value is -2.56. The maximum absolute atomic E-state index is 11.3. The number of carboxylic acids is 1. The van der Waals surface area contributed by atoms with E-state index in [9.17, 15) is 9.90 Å². The number of hydrogen-bond donors (Lipinski definition) is 2. The molecule has 5 heteroatoms. The Balaban J connectivity index is 2.33. The monoisotopic (exact) mass is 227 g/mol. The summed E-state index contributed by atoms with van der Waals surface area (Å²) in [5.74, 6) is -0.985. The maximum atomic E-state index is 11.3. The third-order valence-electron chi connectivity index (χ3n) is 2.62. The van der Waals surface area contributed by atoms with Gasteiger partial charge in [0.05, 0.1) is 5.69 Å². The highest BCUT2D eigenvalue weighted by atomic mass is 16.4. The molecule has 0 saturated heterocycles. The summed E-state index contributed by atoms with van der Waals surface area (Å²) in [7, 11) is 0. The van der Waals surface area contributed by atoms with Crippen molar-refractivity contribution in [3.63, 3.8) is 0 Å². The number of aromatic amines is 1. The van der Waals surface area contributed by atoms with E-state index < -0.39 is 5.97 Å². The lowest BCUT2D eigenvalue weighted by atomic mass is 10.1. The van der Waals surface area contributed by atoms with E-state index in [1.807, 2.05) is 30.3 Å². The zero-order valence-electron chi connectivity index (χ0n) is 8.79. The molecular weight excluding hydrogens is 218 g/mol. The number of fused-ring (bicyclic) bond motifs is 1. The number of aromatic carboxylic acids is 1. The van der Waals surface area contributed by atoms with Crippen LogP contribution in [0.1, 0.15) is 10.4 Å². The summed E-state index contributed by atoms with van der Waals surface area (Å²) in [4.78, 5) is 15.3. The van der Waals surface area contributed by atoms with Gasteiger partial charge in [-0.25, -0.2) is 14.3 Å². The average molecular weight is 227 g/mol. The highest BCUT2D eigenvalue weighted by Crippen LogP contribution is 2.25. The summed E-state index contributed by atoms with van der Waals surface area (Å²) in [6, 6.07) is 9.34. The third-order valence-corrected chi connectivity index (χ3v) is 2.62. The van der Waals surface area contributed by atoms with Crippen LogP contribution in [-0.4, -0.2) is 25.7 Å².